The first kappa shape index (κ1) is 13.1. The van der Waals surface area contributed by atoms with Gasteiger partial charge < -0.3 is 10.0 Å². The molecule has 5 nitrogen and oxygen atoms in total. The highest BCUT2D eigenvalue weighted by Crippen LogP contribution is 2.32. The summed E-state index contributed by atoms with van der Waals surface area (Å²) in [5.41, 5.74) is 0. The molecule has 2 fully saturated rings. The number of halogens is 1. The van der Waals surface area contributed by atoms with E-state index in [2.05, 4.69) is 14.8 Å². The van der Waals surface area contributed by atoms with Crippen molar-refractivity contribution in [3.05, 3.63) is 10.0 Å². The summed E-state index contributed by atoms with van der Waals surface area (Å²) in [6.07, 6.45) is 2.76. The number of hydrogen-bond donors (Lipinski definition) is 1. The first-order chi connectivity index (χ1) is 9.13. The van der Waals surface area contributed by atoms with Gasteiger partial charge in [-0.2, -0.15) is 0 Å². The number of thiazole rings is 1. The topological polar surface area (TPSA) is 56.7 Å². The molecule has 19 heavy (non-hydrogen) atoms. The van der Waals surface area contributed by atoms with Crippen molar-refractivity contribution in [2.24, 2.45) is 5.92 Å². The zero-order valence-corrected chi connectivity index (χ0v) is 12.1. The van der Waals surface area contributed by atoms with E-state index in [0.717, 1.165) is 37.2 Å². The minimum Gasteiger partial charge on any atom is -0.477 e. The van der Waals surface area contributed by atoms with E-state index in [1.54, 1.807) is 0 Å². The molecule has 0 bridgehead atoms. The Morgan fingerprint density at radius 3 is 2.58 bits per heavy atom. The number of carboxylic acid groups (broad SMARTS) is 1. The number of rotatable bonds is 4. The maximum Gasteiger partial charge on any atom is 0.349 e. The molecule has 1 aliphatic heterocycles. The van der Waals surface area contributed by atoms with Gasteiger partial charge in [0.1, 0.15) is 0 Å². The second-order valence-corrected chi connectivity index (χ2v) is 6.49. The predicted octanol–water partition coefficient (Wildman–Crippen LogP) is 2.03. The highest BCUT2D eigenvalue weighted by atomic mass is 35.5. The standard InChI is InChI=1S/C12H16ClN3O2S/c13-10-9(11(17)18)19-12(14-10)16-5-3-15(4-6-16)7-8-1-2-8/h8H,1-7H2,(H,17,18). The molecule has 7 heteroatoms. The molecule has 1 saturated carbocycles. The van der Waals surface area contributed by atoms with Gasteiger partial charge in [-0.1, -0.05) is 22.9 Å². The van der Waals surface area contributed by atoms with Crippen LogP contribution >= 0.6 is 22.9 Å². The van der Waals surface area contributed by atoms with Crippen molar-refractivity contribution in [3.8, 4) is 0 Å². The Bertz CT molecular complexity index is 481. The average Bonchev–Trinajstić information content (AvgIpc) is 3.10. The summed E-state index contributed by atoms with van der Waals surface area (Å²) in [7, 11) is 0. The summed E-state index contributed by atoms with van der Waals surface area (Å²) in [6, 6.07) is 0. The lowest BCUT2D eigenvalue weighted by Crippen LogP contribution is -2.47. The maximum atomic E-state index is 11.0. The van der Waals surface area contributed by atoms with Crippen molar-refractivity contribution in [2.75, 3.05) is 37.6 Å². The third-order valence-corrected chi connectivity index (χ3v) is 5.11. The molecule has 104 valence electrons. The molecule has 2 heterocycles. The summed E-state index contributed by atoms with van der Waals surface area (Å²) < 4.78 is 0. The molecule has 1 saturated heterocycles. The van der Waals surface area contributed by atoms with E-state index in [4.69, 9.17) is 16.7 Å². The Kier molecular flexibility index (Phi) is 3.64. The summed E-state index contributed by atoms with van der Waals surface area (Å²) in [6.45, 7) is 5.06. The Labute approximate surface area is 120 Å². The Morgan fingerprint density at radius 2 is 2.05 bits per heavy atom. The molecule has 1 N–H and O–H groups in total. The third kappa shape index (κ3) is 3.01. The number of aromatic nitrogens is 1. The second-order valence-electron chi connectivity index (χ2n) is 5.15. The first-order valence-corrected chi connectivity index (χ1v) is 7.70. The summed E-state index contributed by atoms with van der Waals surface area (Å²) in [5.74, 6) is -0.0828. The van der Waals surface area contributed by atoms with Crippen LogP contribution in [0.15, 0.2) is 0 Å². The van der Waals surface area contributed by atoms with Crippen LogP contribution in [-0.4, -0.2) is 53.7 Å². The van der Waals surface area contributed by atoms with E-state index in [0.29, 0.717) is 0 Å². The van der Waals surface area contributed by atoms with Gasteiger partial charge in [0.25, 0.3) is 0 Å². The number of piperazine rings is 1. The van der Waals surface area contributed by atoms with Crippen molar-refractivity contribution in [2.45, 2.75) is 12.8 Å². The molecule has 0 spiro atoms. The smallest absolute Gasteiger partial charge is 0.349 e. The molecule has 3 rings (SSSR count). The van der Waals surface area contributed by atoms with Crippen LogP contribution in [0.2, 0.25) is 5.15 Å². The van der Waals surface area contributed by atoms with Crippen LogP contribution in [0.4, 0.5) is 5.13 Å². The van der Waals surface area contributed by atoms with E-state index in [1.807, 2.05) is 0 Å². The van der Waals surface area contributed by atoms with Gasteiger partial charge in [-0.25, -0.2) is 9.78 Å². The van der Waals surface area contributed by atoms with Crippen LogP contribution in [0, 0.1) is 5.92 Å². The van der Waals surface area contributed by atoms with Crippen molar-refractivity contribution >= 4 is 34.0 Å². The van der Waals surface area contributed by atoms with Crippen LogP contribution in [0.5, 0.6) is 0 Å². The predicted molar refractivity (Wildman–Crippen MR) is 75.5 cm³/mol. The minimum atomic E-state index is -0.999. The van der Waals surface area contributed by atoms with Crippen molar-refractivity contribution in [3.63, 3.8) is 0 Å². The fourth-order valence-electron chi connectivity index (χ4n) is 2.35. The van der Waals surface area contributed by atoms with Gasteiger partial charge in [-0.15, -0.1) is 0 Å². The lowest BCUT2D eigenvalue weighted by Gasteiger charge is -2.34. The van der Waals surface area contributed by atoms with Crippen LogP contribution in [0.1, 0.15) is 22.5 Å². The summed E-state index contributed by atoms with van der Waals surface area (Å²) >= 11 is 7.01. The molecule has 0 atom stereocenters. The molecule has 0 radical (unpaired) electrons. The van der Waals surface area contributed by atoms with Gasteiger partial charge in [-0.3, -0.25) is 4.90 Å². The van der Waals surface area contributed by atoms with Crippen LogP contribution in [-0.2, 0) is 0 Å². The van der Waals surface area contributed by atoms with Gasteiger partial charge in [0, 0.05) is 32.7 Å². The van der Waals surface area contributed by atoms with E-state index >= 15 is 0 Å². The van der Waals surface area contributed by atoms with Crippen molar-refractivity contribution < 1.29 is 9.90 Å². The third-order valence-electron chi connectivity index (χ3n) is 3.62. The van der Waals surface area contributed by atoms with Gasteiger partial charge in [0.15, 0.2) is 15.2 Å². The van der Waals surface area contributed by atoms with Gasteiger partial charge in [0.05, 0.1) is 0 Å². The molecular weight excluding hydrogens is 286 g/mol. The van der Waals surface area contributed by atoms with E-state index in [1.165, 1.54) is 30.7 Å². The van der Waals surface area contributed by atoms with Crippen LogP contribution in [0.25, 0.3) is 0 Å². The Balaban J connectivity index is 1.61. The molecule has 1 aliphatic carbocycles. The zero-order valence-electron chi connectivity index (χ0n) is 10.5. The Morgan fingerprint density at radius 1 is 1.37 bits per heavy atom. The number of aromatic carboxylic acids is 1. The fraction of sp³-hybridized carbons (Fsp3) is 0.667. The number of carboxylic acids is 1. The Hall–Kier alpha value is -0.850. The highest BCUT2D eigenvalue weighted by Gasteiger charge is 2.27. The van der Waals surface area contributed by atoms with Crippen molar-refractivity contribution in [1.82, 2.24) is 9.88 Å². The molecular formula is C12H16ClN3O2S. The number of anilines is 1. The van der Waals surface area contributed by atoms with Crippen LogP contribution < -0.4 is 4.90 Å². The first-order valence-electron chi connectivity index (χ1n) is 6.50. The van der Waals surface area contributed by atoms with Gasteiger partial charge >= 0.3 is 5.97 Å². The average molecular weight is 302 g/mol. The highest BCUT2D eigenvalue weighted by molar-refractivity contribution is 7.18. The quantitative estimate of drug-likeness (QED) is 0.922. The lowest BCUT2D eigenvalue weighted by atomic mass is 10.3. The van der Waals surface area contributed by atoms with Gasteiger partial charge in [-0.05, 0) is 18.8 Å². The lowest BCUT2D eigenvalue weighted by molar-refractivity contribution is 0.0702. The zero-order chi connectivity index (χ0) is 13.4. The molecule has 0 aromatic carbocycles. The molecule has 2 aliphatic rings. The normalized spacial score (nSPS) is 20.8. The van der Waals surface area contributed by atoms with Gasteiger partial charge in [0.2, 0.25) is 0 Å². The molecule has 0 unspecified atom stereocenters. The van der Waals surface area contributed by atoms with E-state index in [9.17, 15) is 4.79 Å². The molecule has 1 aromatic heterocycles. The number of carbonyl (C=O) groups is 1. The number of hydrogen-bond acceptors (Lipinski definition) is 5. The summed E-state index contributed by atoms with van der Waals surface area (Å²) in [4.78, 5) is 19.9. The largest absolute Gasteiger partial charge is 0.477 e. The molecule has 0 amide bonds. The fourth-order valence-corrected chi connectivity index (χ4v) is 3.52. The molecule has 1 aromatic rings. The maximum absolute atomic E-state index is 11.0. The van der Waals surface area contributed by atoms with Crippen molar-refractivity contribution in [1.29, 1.82) is 0 Å². The van der Waals surface area contributed by atoms with Crippen LogP contribution in [0.3, 0.4) is 0 Å². The van der Waals surface area contributed by atoms with E-state index in [-0.39, 0.29) is 10.0 Å². The number of nitrogens with zero attached hydrogens (tertiary/aromatic N) is 3. The monoisotopic (exact) mass is 301 g/mol. The summed E-state index contributed by atoms with van der Waals surface area (Å²) in [5, 5.41) is 9.82. The second kappa shape index (κ2) is 5.26. The minimum absolute atomic E-state index is 0.105. The SMILES string of the molecule is O=C(O)c1sc(N2CCN(CC3CC3)CC2)nc1Cl. The van der Waals surface area contributed by atoms with E-state index < -0.39 is 5.97 Å².